The van der Waals surface area contributed by atoms with E-state index in [0.717, 1.165) is 12.8 Å². The second kappa shape index (κ2) is 7.77. The van der Waals surface area contributed by atoms with Crippen LogP contribution in [0.4, 0.5) is 4.39 Å². The number of rotatable bonds is 6. The summed E-state index contributed by atoms with van der Waals surface area (Å²) in [6.07, 6.45) is 6.05. The molecule has 0 saturated carbocycles. The Bertz CT molecular complexity index is 796. The Labute approximate surface area is 135 Å². The number of fused-ring (bicyclic) bond motifs is 1. The molecule has 2 aromatic rings. The van der Waals surface area contributed by atoms with Crippen LogP contribution in [0.1, 0.15) is 33.6 Å². The predicted molar refractivity (Wildman–Crippen MR) is 90.4 cm³/mol. The van der Waals surface area contributed by atoms with Gasteiger partial charge in [0.15, 0.2) is 11.3 Å². The van der Waals surface area contributed by atoms with Gasteiger partial charge in [0, 0.05) is 11.5 Å². The minimum absolute atomic E-state index is 0.0701. The van der Waals surface area contributed by atoms with Crippen LogP contribution in [0.15, 0.2) is 56.8 Å². The summed E-state index contributed by atoms with van der Waals surface area (Å²) >= 11 is 0. The van der Waals surface area contributed by atoms with Crippen LogP contribution in [0, 0.1) is 5.82 Å². The van der Waals surface area contributed by atoms with Gasteiger partial charge in [0.25, 0.3) is 0 Å². The Kier molecular flexibility index (Phi) is 5.74. The fourth-order valence-electron chi connectivity index (χ4n) is 2.16. The van der Waals surface area contributed by atoms with Crippen molar-refractivity contribution < 1.29 is 13.5 Å². The lowest BCUT2D eigenvalue weighted by molar-refractivity contribution is 0.339. The van der Waals surface area contributed by atoms with Gasteiger partial charge >= 0.3 is 5.63 Å². The molecule has 4 heteroatoms. The molecule has 0 unspecified atom stereocenters. The molecular weight excluding hydrogens is 295 g/mol. The van der Waals surface area contributed by atoms with Gasteiger partial charge in [-0.2, -0.15) is 4.39 Å². The molecule has 2 rings (SSSR count). The first kappa shape index (κ1) is 17.0. The summed E-state index contributed by atoms with van der Waals surface area (Å²) in [6, 6.07) is 6.01. The van der Waals surface area contributed by atoms with E-state index >= 15 is 0 Å². The summed E-state index contributed by atoms with van der Waals surface area (Å²) in [5.41, 5.74) is 1.84. The van der Waals surface area contributed by atoms with Gasteiger partial charge in [0.1, 0.15) is 6.61 Å². The van der Waals surface area contributed by atoms with Crippen LogP contribution in [-0.2, 0) is 0 Å². The molecule has 0 spiro atoms. The number of halogens is 1. The topological polar surface area (TPSA) is 39.4 Å². The van der Waals surface area contributed by atoms with Gasteiger partial charge in [0.05, 0.1) is 0 Å². The summed E-state index contributed by atoms with van der Waals surface area (Å²) in [4.78, 5) is 11.2. The van der Waals surface area contributed by atoms with Gasteiger partial charge in [-0.05, 0) is 57.9 Å². The van der Waals surface area contributed by atoms with E-state index in [1.54, 1.807) is 12.1 Å². The maximum absolute atomic E-state index is 14.3. The summed E-state index contributed by atoms with van der Waals surface area (Å²) < 4.78 is 24.6. The molecule has 0 aliphatic rings. The largest absolute Gasteiger partial charge is 0.486 e. The monoisotopic (exact) mass is 316 g/mol. The van der Waals surface area contributed by atoms with Crippen LogP contribution in [0.2, 0.25) is 0 Å². The zero-order valence-corrected chi connectivity index (χ0v) is 13.7. The van der Waals surface area contributed by atoms with Gasteiger partial charge < -0.3 is 9.15 Å². The van der Waals surface area contributed by atoms with E-state index in [1.165, 1.54) is 23.3 Å². The summed E-state index contributed by atoms with van der Waals surface area (Å²) in [5.74, 6) is -0.559. The SMILES string of the molecule is CC(C)=CCC/C(C)=C/COc1ccc2ccc(=O)oc2c1F. The van der Waals surface area contributed by atoms with E-state index in [2.05, 4.69) is 19.9 Å². The van der Waals surface area contributed by atoms with Gasteiger partial charge in [-0.1, -0.05) is 17.2 Å². The van der Waals surface area contributed by atoms with Crippen molar-refractivity contribution in [3.63, 3.8) is 0 Å². The van der Waals surface area contributed by atoms with Crippen LogP contribution in [-0.4, -0.2) is 6.61 Å². The molecule has 122 valence electrons. The smallest absolute Gasteiger partial charge is 0.336 e. The molecule has 0 amide bonds. The van der Waals surface area contributed by atoms with Gasteiger partial charge in [-0.3, -0.25) is 0 Å². The fraction of sp³-hybridized carbons (Fsp3) is 0.316. The molecular formula is C19H21FO3. The molecule has 1 aromatic carbocycles. The van der Waals surface area contributed by atoms with E-state index < -0.39 is 11.4 Å². The third-order valence-electron chi connectivity index (χ3n) is 3.46. The number of allylic oxidation sites excluding steroid dienone is 3. The molecule has 1 heterocycles. The molecule has 0 saturated heterocycles. The summed E-state index contributed by atoms with van der Waals surface area (Å²) in [7, 11) is 0. The van der Waals surface area contributed by atoms with Gasteiger partial charge in [-0.15, -0.1) is 0 Å². The lowest BCUT2D eigenvalue weighted by atomic mass is 10.1. The average Bonchev–Trinajstić information content (AvgIpc) is 2.50. The number of benzene rings is 1. The summed E-state index contributed by atoms with van der Waals surface area (Å²) in [6.45, 7) is 6.45. The second-order valence-electron chi connectivity index (χ2n) is 5.73. The van der Waals surface area contributed by atoms with Crippen molar-refractivity contribution in [1.29, 1.82) is 0 Å². The highest BCUT2D eigenvalue weighted by Crippen LogP contribution is 2.25. The third-order valence-corrected chi connectivity index (χ3v) is 3.46. The molecule has 0 aliphatic carbocycles. The molecule has 1 aromatic heterocycles. The fourth-order valence-corrected chi connectivity index (χ4v) is 2.16. The Balaban J connectivity index is 2.03. The van der Waals surface area contributed by atoms with Crippen molar-refractivity contribution >= 4 is 11.0 Å². The van der Waals surface area contributed by atoms with Crippen LogP contribution in [0.5, 0.6) is 5.75 Å². The van der Waals surface area contributed by atoms with Crippen LogP contribution >= 0.6 is 0 Å². The lowest BCUT2D eigenvalue weighted by Gasteiger charge is -2.07. The number of hydrogen-bond acceptors (Lipinski definition) is 3. The van der Waals surface area contributed by atoms with E-state index in [0.29, 0.717) is 5.39 Å². The average molecular weight is 316 g/mol. The highest BCUT2D eigenvalue weighted by molar-refractivity contribution is 5.78. The van der Waals surface area contributed by atoms with Crippen molar-refractivity contribution in [1.82, 2.24) is 0 Å². The molecule has 0 radical (unpaired) electrons. The van der Waals surface area contributed by atoms with Crippen LogP contribution < -0.4 is 10.4 Å². The van der Waals surface area contributed by atoms with Crippen molar-refractivity contribution in [3.8, 4) is 5.75 Å². The molecule has 0 fully saturated rings. The van der Waals surface area contributed by atoms with Crippen molar-refractivity contribution in [3.05, 3.63) is 63.8 Å². The summed E-state index contributed by atoms with van der Waals surface area (Å²) in [5, 5.41) is 0.530. The molecule has 0 N–H and O–H groups in total. The first-order valence-electron chi connectivity index (χ1n) is 7.61. The lowest BCUT2D eigenvalue weighted by Crippen LogP contribution is -2.00. The Morgan fingerprint density at radius 2 is 1.91 bits per heavy atom. The molecule has 3 nitrogen and oxygen atoms in total. The normalized spacial score (nSPS) is 11.6. The van der Waals surface area contributed by atoms with E-state index in [1.807, 2.05) is 13.0 Å². The first-order valence-corrected chi connectivity index (χ1v) is 7.61. The Morgan fingerprint density at radius 1 is 1.17 bits per heavy atom. The third kappa shape index (κ3) is 4.81. The zero-order chi connectivity index (χ0) is 16.8. The Morgan fingerprint density at radius 3 is 2.65 bits per heavy atom. The highest BCUT2D eigenvalue weighted by atomic mass is 19.1. The predicted octanol–water partition coefficient (Wildman–Crippen LogP) is 5.00. The van der Waals surface area contributed by atoms with Gasteiger partial charge in [0.2, 0.25) is 5.82 Å². The zero-order valence-electron chi connectivity index (χ0n) is 13.7. The Hall–Kier alpha value is -2.36. The number of hydrogen-bond donors (Lipinski definition) is 0. The standard InChI is InChI=1S/C19H21FO3/c1-13(2)5-4-6-14(3)11-12-22-16-9-7-15-8-10-17(21)23-19(15)18(16)20/h5,7-11H,4,6,12H2,1-3H3/b14-11+. The molecule has 0 bridgehead atoms. The highest BCUT2D eigenvalue weighted by Gasteiger charge is 2.10. The van der Waals surface area contributed by atoms with E-state index in [4.69, 9.17) is 9.15 Å². The molecule has 0 aliphatic heterocycles. The van der Waals surface area contributed by atoms with Gasteiger partial charge in [-0.25, -0.2) is 4.79 Å². The number of ether oxygens (including phenoxy) is 1. The maximum atomic E-state index is 14.3. The minimum Gasteiger partial charge on any atom is -0.486 e. The minimum atomic E-state index is -0.643. The van der Waals surface area contributed by atoms with Crippen molar-refractivity contribution in [2.75, 3.05) is 6.61 Å². The van der Waals surface area contributed by atoms with E-state index in [-0.39, 0.29) is 17.9 Å². The first-order chi connectivity index (χ1) is 11.0. The van der Waals surface area contributed by atoms with Crippen molar-refractivity contribution in [2.45, 2.75) is 33.6 Å². The maximum Gasteiger partial charge on any atom is 0.336 e. The molecule has 23 heavy (non-hydrogen) atoms. The second-order valence-corrected chi connectivity index (χ2v) is 5.73. The molecule has 0 atom stereocenters. The van der Waals surface area contributed by atoms with Crippen molar-refractivity contribution in [2.24, 2.45) is 0 Å². The quantitative estimate of drug-likeness (QED) is 0.556. The van der Waals surface area contributed by atoms with E-state index in [9.17, 15) is 9.18 Å². The van der Waals surface area contributed by atoms with Crippen LogP contribution in [0.25, 0.3) is 11.0 Å². The van der Waals surface area contributed by atoms with Crippen LogP contribution in [0.3, 0.4) is 0 Å².